The third-order valence-corrected chi connectivity index (χ3v) is 5.19. The number of hydrogen-bond donors (Lipinski definition) is 1. The summed E-state index contributed by atoms with van der Waals surface area (Å²) < 4.78 is 25.3. The van der Waals surface area contributed by atoms with Gasteiger partial charge in [-0.1, -0.05) is 18.2 Å². The molecule has 2 aromatic rings. The zero-order chi connectivity index (χ0) is 22.7. The second kappa shape index (κ2) is 9.18. The molecule has 0 aliphatic carbocycles. The first-order valence-electron chi connectivity index (χ1n) is 9.70. The molecular weight excluding hydrogens is 403 g/mol. The Balaban J connectivity index is 2.24. The number of nitrogens with zero attached hydrogens (tertiary/aromatic N) is 2. The van der Waals surface area contributed by atoms with Gasteiger partial charge in [0.25, 0.3) is 11.7 Å². The van der Waals surface area contributed by atoms with E-state index < -0.39 is 29.3 Å². The minimum Gasteiger partial charge on any atom is -0.507 e. The van der Waals surface area contributed by atoms with Crippen LogP contribution in [0.4, 0.5) is 4.39 Å². The first-order valence-corrected chi connectivity index (χ1v) is 9.70. The van der Waals surface area contributed by atoms with Crippen LogP contribution in [0.15, 0.2) is 48.0 Å². The summed E-state index contributed by atoms with van der Waals surface area (Å²) in [5.74, 6) is -1.99. The molecule has 31 heavy (non-hydrogen) atoms. The van der Waals surface area contributed by atoms with Crippen LogP contribution in [-0.4, -0.2) is 68.0 Å². The molecule has 8 heteroatoms. The number of halogens is 1. The number of ketones is 1. The number of carbonyl (C=O) groups excluding carboxylic acids is 2. The number of methoxy groups -OCH3 is 2. The number of Topliss-reactive ketones (excluding diaryl/α,β-unsaturated/α-hetero) is 1. The van der Waals surface area contributed by atoms with Crippen molar-refractivity contribution in [2.75, 3.05) is 41.4 Å². The van der Waals surface area contributed by atoms with E-state index in [2.05, 4.69) is 0 Å². The quantitative estimate of drug-likeness (QED) is 0.415. The van der Waals surface area contributed by atoms with E-state index in [4.69, 9.17) is 9.47 Å². The first kappa shape index (κ1) is 22.3. The minimum atomic E-state index is -1.07. The Labute approximate surface area is 180 Å². The molecule has 1 unspecified atom stereocenters. The number of likely N-dealkylation sites (tertiary alicyclic amines) is 1. The third-order valence-electron chi connectivity index (χ3n) is 5.19. The molecule has 2 aromatic carbocycles. The monoisotopic (exact) mass is 428 g/mol. The average molecular weight is 428 g/mol. The van der Waals surface area contributed by atoms with Crippen molar-refractivity contribution in [3.05, 3.63) is 65.0 Å². The van der Waals surface area contributed by atoms with Gasteiger partial charge in [0.2, 0.25) is 0 Å². The van der Waals surface area contributed by atoms with Crippen LogP contribution in [0.3, 0.4) is 0 Å². The van der Waals surface area contributed by atoms with Crippen molar-refractivity contribution in [2.24, 2.45) is 0 Å². The van der Waals surface area contributed by atoms with E-state index in [-0.39, 0.29) is 29.0 Å². The molecule has 1 N–H and O–H groups in total. The lowest BCUT2D eigenvalue weighted by Crippen LogP contribution is -2.35. The highest BCUT2D eigenvalue weighted by molar-refractivity contribution is 6.46. The fourth-order valence-corrected chi connectivity index (χ4v) is 3.58. The topological polar surface area (TPSA) is 79.3 Å². The summed E-state index contributed by atoms with van der Waals surface area (Å²) in [5.41, 5.74) is 0.109. The highest BCUT2D eigenvalue weighted by atomic mass is 19.1. The highest BCUT2D eigenvalue weighted by Crippen LogP contribution is 2.42. The van der Waals surface area contributed by atoms with Crippen molar-refractivity contribution >= 4 is 17.4 Å². The maximum Gasteiger partial charge on any atom is 0.295 e. The number of benzene rings is 2. The molecule has 7 nitrogen and oxygen atoms in total. The minimum absolute atomic E-state index is 0.129. The molecule has 0 radical (unpaired) electrons. The van der Waals surface area contributed by atoms with Gasteiger partial charge in [0.05, 0.1) is 31.4 Å². The molecule has 1 atom stereocenters. The smallest absolute Gasteiger partial charge is 0.295 e. The van der Waals surface area contributed by atoms with Gasteiger partial charge in [-0.3, -0.25) is 9.59 Å². The number of likely N-dealkylation sites (N-methyl/N-ethyl adjacent to an activating group) is 1. The number of amides is 1. The largest absolute Gasteiger partial charge is 0.507 e. The summed E-state index contributed by atoms with van der Waals surface area (Å²) in [4.78, 5) is 29.0. The van der Waals surface area contributed by atoms with Crippen molar-refractivity contribution in [1.29, 1.82) is 0 Å². The average Bonchev–Trinajstić information content (AvgIpc) is 3.01. The molecule has 1 heterocycles. The summed E-state index contributed by atoms with van der Waals surface area (Å²) >= 11 is 0. The van der Waals surface area contributed by atoms with Crippen LogP contribution in [-0.2, 0) is 9.59 Å². The number of ether oxygens (including phenoxy) is 2. The van der Waals surface area contributed by atoms with E-state index in [1.54, 1.807) is 18.2 Å². The van der Waals surface area contributed by atoms with Crippen LogP contribution in [0, 0.1) is 5.82 Å². The normalized spacial score (nSPS) is 18.0. The van der Waals surface area contributed by atoms with Crippen LogP contribution in [0.5, 0.6) is 11.5 Å². The molecule has 1 fully saturated rings. The molecule has 0 aromatic heterocycles. The highest BCUT2D eigenvalue weighted by Gasteiger charge is 2.47. The molecule has 0 saturated carbocycles. The number of carbonyl (C=O) groups is 2. The van der Waals surface area contributed by atoms with E-state index in [1.165, 1.54) is 43.4 Å². The molecule has 1 amide bonds. The van der Waals surface area contributed by atoms with Gasteiger partial charge in [-0.2, -0.15) is 0 Å². The SMILES string of the molecule is COc1ccc(OC)c(/C(O)=C2\C(=O)C(=O)N(CCN(C)C)C2c2ccccc2F)c1. The number of rotatable bonds is 7. The Morgan fingerprint density at radius 3 is 2.45 bits per heavy atom. The zero-order valence-electron chi connectivity index (χ0n) is 17.9. The van der Waals surface area contributed by atoms with E-state index >= 15 is 0 Å². The van der Waals surface area contributed by atoms with Gasteiger partial charge in [-0.25, -0.2) is 4.39 Å². The molecular formula is C23H25FN2O5. The fraction of sp³-hybridized carbons (Fsp3) is 0.304. The molecule has 1 aliphatic rings. The Kier molecular flexibility index (Phi) is 6.60. The van der Waals surface area contributed by atoms with Crippen molar-refractivity contribution < 1.29 is 28.6 Å². The van der Waals surface area contributed by atoms with Crippen molar-refractivity contribution in [2.45, 2.75) is 6.04 Å². The van der Waals surface area contributed by atoms with Crippen LogP contribution in [0.2, 0.25) is 0 Å². The second-order valence-corrected chi connectivity index (χ2v) is 7.38. The van der Waals surface area contributed by atoms with Crippen LogP contribution in [0.1, 0.15) is 17.2 Å². The van der Waals surface area contributed by atoms with E-state index in [0.717, 1.165) is 0 Å². The maximum atomic E-state index is 14.8. The van der Waals surface area contributed by atoms with Crippen LogP contribution < -0.4 is 9.47 Å². The third kappa shape index (κ3) is 4.25. The number of hydrogen-bond acceptors (Lipinski definition) is 6. The lowest BCUT2D eigenvalue weighted by Gasteiger charge is -2.27. The number of aliphatic hydroxyl groups excluding tert-OH is 1. The molecule has 3 rings (SSSR count). The Bertz CT molecular complexity index is 1030. The van der Waals surface area contributed by atoms with Crippen molar-refractivity contribution in [3.8, 4) is 11.5 Å². The molecule has 164 valence electrons. The van der Waals surface area contributed by atoms with Gasteiger partial charge in [-0.05, 0) is 38.4 Å². The van der Waals surface area contributed by atoms with Gasteiger partial charge in [-0.15, -0.1) is 0 Å². The lowest BCUT2D eigenvalue weighted by molar-refractivity contribution is -0.140. The zero-order valence-corrected chi connectivity index (χ0v) is 17.9. The summed E-state index contributed by atoms with van der Waals surface area (Å²) in [7, 11) is 6.54. The van der Waals surface area contributed by atoms with Crippen LogP contribution in [0.25, 0.3) is 5.76 Å². The predicted molar refractivity (Wildman–Crippen MR) is 114 cm³/mol. The standard InChI is InChI=1S/C23H25FN2O5/c1-25(2)11-12-26-20(15-7-5-6-8-17(15)24)19(22(28)23(26)29)21(27)16-13-14(30-3)9-10-18(16)31-4/h5-10,13,20,27H,11-12H2,1-4H3/b21-19+. The van der Waals surface area contributed by atoms with Gasteiger partial charge in [0.1, 0.15) is 23.1 Å². The van der Waals surface area contributed by atoms with E-state index in [0.29, 0.717) is 12.3 Å². The lowest BCUT2D eigenvalue weighted by atomic mass is 9.94. The van der Waals surface area contributed by atoms with E-state index in [1.807, 2.05) is 19.0 Å². The first-order chi connectivity index (χ1) is 14.8. The molecule has 1 saturated heterocycles. The molecule has 0 bridgehead atoms. The Morgan fingerprint density at radius 1 is 1.13 bits per heavy atom. The number of aliphatic hydroxyl groups is 1. The van der Waals surface area contributed by atoms with Gasteiger partial charge in [0, 0.05) is 18.7 Å². The van der Waals surface area contributed by atoms with Gasteiger partial charge in [0.15, 0.2) is 0 Å². The predicted octanol–water partition coefficient (Wildman–Crippen LogP) is 2.83. The Hall–Kier alpha value is -3.39. The fourth-order valence-electron chi connectivity index (χ4n) is 3.58. The van der Waals surface area contributed by atoms with E-state index in [9.17, 15) is 19.1 Å². The maximum absolute atomic E-state index is 14.8. The summed E-state index contributed by atoms with van der Waals surface area (Å²) in [6.07, 6.45) is 0. The molecule has 1 aliphatic heterocycles. The van der Waals surface area contributed by atoms with Gasteiger partial charge >= 0.3 is 0 Å². The second-order valence-electron chi connectivity index (χ2n) is 7.38. The van der Waals surface area contributed by atoms with Crippen molar-refractivity contribution in [1.82, 2.24) is 9.80 Å². The van der Waals surface area contributed by atoms with Gasteiger partial charge < -0.3 is 24.4 Å². The molecule has 0 spiro atoms. The summed E-state index contributed by atoms with van der Waals surface area (Å²) in [5, 5.41) is 11.2. The summed E-state index contributed by atoms with van der Waals surface area (Å²) in [6.45, 7) is 0.642. The Morgan fingerprint density at radius 2 is 1.84 bits per heavy atom. The van der Waals surface area contributed by atoms with Crippen molar-refractivity contribution in [3.63, 3.8) is 0 Å². The summed E-state index contributed by atoms with van der Waals surface area (Å²) in [6, 6.07) is 9.55. The van der Waals surface area contributed by atoms with Crippen LogP contribution >= 0.6 is 0 Å².